The molecule has 0 saturated carbocycles. The van der Waals surface area contributed by atoms with Gasteiger partial charge in [0.2, 0.25) is 5.71 Å². The molecular formula is C12H14F2N3O+. The fourth-order valence-electron chi connectivity index (χ4n) is 1.72. The maximum Gasteiger partial charge on any atom is 0.387 e. The Morgan fingerprint density at radius 1 is 1.39 bits per heavy atom. The Kier molecular flexibility index (Phi) is 3.27. The van der Waals surface area contributed by atoms with Crippen LogP contribution >= 0.6 is 0 Å². The number of allylic oxidation sites excluding steroid dienone is 1. The van der Waals surface area contributed by atoms with Gasteiger partial charge in [-0.3, -0.25) is 0 Å². The van der Waals surface area contributed by atoms with Gasteiger partial charge in [-0.25, -0.2) is 4.98 Å². The zero-order valence-electron chi connectivity index (χ0n) is 10.1. The van der Waals surface area contributed by atoms with Gasteiger partial charge in [-0.15, -0.1) is 0 Å². The first kappa shape index (κ1) is 12.5. The van der Waals surface area contributed by atoms with Gasteiger partial charge in [-0.1, -0.05) is 0 Å². The lowest BCUT2D eigenvalue weighted by Crippen LogP contribution is -2.29. The molecule has 0 unspecified atom stereocenters. The Hall–Kier alpha value is -1.98. The number of pyridine rings is 1. The van der Waals surface area contributed by atoms with Gasteiger partial charge < -0.3 is 10.5 Å². The van der Waals surface area contributed by atoms with E-state index >= 15 is 0 Å². The van der Waals surface area contributed by atoms with E-state index in [9.17, 15) is 8.78 Å². The summed E-state index contributed by atoms with van der Waals surface area (Å²) < 4.78 is 30.7. The molecule has 1 aliphatic rings. The van der Waals surface area contributed by atoms with Crippen molar-refractivity contribution in [2.75, 3.05) is 5.73 Å². The maximum absolute atomic E-state index is 12.2. The van der Waals surface area contributed by atoms with E-state index in [-0.39, 0.29) is 11.6 Å². The summed E-state index contributed by atoms with van der Waals surface area (Å²) in [5.41, 5.74) is 7.10. The van der Waals surface area contributed by atoms with Gasteiger partial charge in [-0.05, 0) is 19.9 Å². The Labute approximate surface area is 103 Å². The van der Waals surface area contributed by atoms with Crippen molar-refractivity contribution in [1.82, 2.24) is 4.98 Å². The van der Waals surface area contributed by atoms with Crippen molar-refractivity contribution in [3.05, 3.63) is 30.1 Å². The van der Waals surface area contributed by atoms with Crippen LogP contribution in [0.15, 0.2) is 24.5 Å². The number of alkyl halides is 2. The minimum Gasteiger partial charge on any atom is -0.431 e. The fraction of sp³-hybridized carbons (Fsp3) is 0.333. The van der Waals surface area contributed by atoms with Crippen LogP contribution in [0.5, 0.6) is 5.75 Å². The molecule has 4 nitrogen and oxygen atoms in total. The molecule has 2 rings (SSSR count). The normalized spacial score (nSPS) is 14.3. The molecule has 0 spiro atoms. The molecule has 96 valence electrons. The van der Waals surface area contributed by atoms with Gasteiger partial charge in [0.25, 0.3) is 0 Å². The van der Waals surface area contributed by atoms with E-state index in [1.807, 2.05) is 30.7 Å². The molecule has 2 heterocycles. The standard InChI is InChI=1S/C12H13F2N3O/c1-7(2)17-4-3-9(17)8-5-10(18-12(13)14)11(15)16-6-8/h3-7,12,15H,1-2H3/p+1. The second-order valence-corrected chi connectivity index (χ2v) is 4.19. The van der Waals surface area contributed by atoms with Crippen molar-refractivity contribution in [2.24, 2.45) is 0 Å². The highest BCUT2D eigenvalue weighted by Crippen LogP contribution is 2.24. The first-order valence-corrected chi connectivity index (χ1v) is 5.53. The van der Waals surface area contributed by atoms with Gasteiger partial charge >= 0.3 is 6.61 Å². The zero-order chi connectivity index (χ0) is 13.3. The quantitative estimate of drug-likeness (QED) is 0.836. The average molecular weight is 254 g/mol. The largest absolute Gasteiger partial charge is 0.431 e. The molecule has 0 aromatic carbocycles. The molecule has 18 heavy (non-hydrogen) atoms. The Balaban J connectivity index is 2.33. The minimum atomic E-state index is -2.91. The fourth-order valence-corrected chi connectivity index (χ4v) is 1.72. The summed E-state index contributed by atoms with van der Waals surface area (Å²) in [6.45, 7) is 1.16. The highest BCUT2D eigenvalue weighted by Gasteiger charge is 2.25. The number of anilines is 1. The molecule has 0 aliphatic carbocycles. The van der Waals surface area contributed by atoms with Gasteiger partial charge in [-0.2, -0.15) is 13.4 Å². The maximum atomic E-state index is 12.2. The van der Waals surface area contributed by atoms with Gasteiger partial charge in [0.15, 0.2) is 23.8 Å². The average Bonchev–Trinajstić information content (AvgIpc) is 2.19. The van der Waals surface area contributed by atoms with E-state index < -0.39 is 6.61 Å². The van der Waals surface area contributed by atoms with Crippen molar-refractivity contribution in [1.29, 1.82) is 0 Å². The molecule has 0 bridgehead atoms. The number of nitrogen functional groups attached to an aromatic ring is 1. The summed E-state index contributed by atoms with van der Waals surface area (Å²) in [6, 6.07) is 1.77. The van der Waals surface area contributed by atoms with Crippen molar-refractivity contribution in [2.45, 2.75) is 26.5 Å². The number of halogens is 2. The van der Waals surface area contributed by atoms with Crippen molar-refractivity contribution in [3.8, 4) is 5.75 Å². The minimum absolute atomic E-state index is 0.0425. The van der Waals surface area contributed by atoms with Crippen LogP contribution in [0.2, 0.25) is 0 Å². The molecule has 1 aromatic heterocycles. The van der Waals surface area contributed by atoms with Crippen LogP contribution in [0.25, 0.3) is 0 Å². The molecule has 0 saturated heterocycles. The summed E-state index contributed by atoms with van der Waals surface area (Å²) in [6.07, 6.45) is 5.35. The predicted molar refractivity (Wildman–Crippen MR) is 63.9 cm³/mol. The van der Waals surface area contributed by atoms with Crippen LogP contribution in [0, 0.1) is 0 Å². The molecular weight excluding hydrogens is 240 g/mol. The lowest BCUT2D eigenvalue weighted by molar-refractivity contribution is -0.500. The van der Waals surface area contributed by atoms with E-state index in [0.717, 1.165) is 5.71 Å². The van der Waals surface area contributed by atoms with Crippen molar-refractivity contribution in [3.63, 3.8) is 0 Å². The highest BCUT2D eigenvalue weighted by molar-refractivity contribution is 6.07. The molecule has 0 amide bonds. The van der Waals surface area contributed by atoms with Crippen LogP contribution in [-0.2, 0) is 0 Å². The van der Waals surface area contributed by atoms with Crippen LogP contribution in [0.1, 0.15) is 19.4 Å². The Morgan fingerprint density at radius 3 is 2.61 bits per heavy atom. The van der Waals surface area contributed by atoms with Gasteiger partial charge in [0, 0.05) is 6.20 Å². The smallest absolute Gasteiger partial charge is 0.387 e. The lowest BCUT2D eigenvalue weighted by atomic mass is 10.1. The summed E-state index contributed by atoms with van der Waals surface area (Å²) >= 11 is 0. The summed E-state index contributed by atoms with van der Waals surface area (Å²) in [5, 5.41) is 0. The molecule has 2 N–H and O–H groups in total. The molecule has 1 aromatic rings. The molecule has 0 atom stereocenters. The molecule has 1 aliphatic heterocycles. The van der Waals surface area contributed by atoms with E-state index in [2.05, 4.69) is 9.72 Å². The summed E-state index contributed by atoms with van der Waals surface area (Å²) in [7, 11) is 0. The number of hydrogen-bond donors (Lipinski definition) is 1. The third kappa shape index (κ3) is 2.32. The van der Waals surface area contributed by atoms with Crippen LogP contribution < -0.4 is 10.5 Å². The predicted octanol–water partition coefficient (Wildman–Crippen LogP) is 2.00. The van der Waals surface area contributed by atoms with Crippen LogP contribution in [-0.4, -0.2) is 27.9 Å². The highest BCUT2D eigenvalue weighted by atomic mass is 19.3. The monoisotopic (exact) mass is 254 g/mol. The molecule has 0 fully saturated rings. The number of nitrogens with zero attached hydrogens (tertiary/aromatic N) is 2. The Morgan fingerprint density at radius 2 is 2.11 bits per heavy atom. The summed E-state index contributed by atoms with van der Waals surface area (Å²) in [5.74, 6) is -0.141. The first-order chi connectivity index (χ1) is 8.49. The lowest BCUT2D eigenvalue weighted by Gasteiger charge is -2.14. The Bertz CT molecular complexity index is 524. The van der Waals surface area contributed by atoms with Gasteiger partial charge in [0.1, 0.15) is 0 Å². The number of rotatable bonds is 4. The van der Waals surface area contributed by atoms with E-state index in [1.54, 1.807) is 6.20 Å². The van der Waals surface area contributed by atoms with Crippen LogP contribution in [0.3, 0.4) is 0 Å². The first-order valence-electron chi connectivity index (χ1n) is 5.53. The topological polar surface area (TPSA) is 51.2 Å². The second-order valence-electron chi connectivity index (χ2n) is 4.19. The van der Waals surface area contributed by atoms with Crippen molar-refractivity contribution >= 4 is 11.5 Å². The number of aromatic nitrogens is 1. The van der Waals surface area contributed by atoms with E-state index in [4.69, 9.17) is 5.73 Å². The molecule has 6 heteroatoms. The van der Waals surface area contributed by atoms with Gasteiger partial charge in [0.05, 0.1) is 11.6 Å². The number of ether oxygens (including phenoxy) is 1. The van der Waals surface area contributed by atoms with E-state index in [0.29, 0.717) is 11.6 Å². The zero-order valence-corrected chi connectivity index (χ0v) is 10.1. The second kappa shape index (κ2) is 4.72. The third-order valence-corrected chi connectivity index (χ3v) is 2.62. The third-order valence-electron chi connectivity index (χ3n) is 2.62. The number of hydrogen-bond acceptors (Lipinski definition) is 3. The SMILES string of the molecule is CC(C)[N+]1=C(c2cnc(N)c(OC(F)F)c2)C=C1. The summed E-state index contributed by atoms with van der Waals surface area (Å²) in [4.78, 5) is 3.87. The number of nitrogens with two attached hydrogens (primary N) is 1. The van der Waals surface area contributed by atoms with Crippen LogP contribution in [0.4, 0.5) is 14.6 Å². The van der Waals surface area contributed by atoms with E-state index in [1.165, 1.54) is 6.07 Å². The van der Waals surface area contributed by atoms with Crippen molar-refractivity contribution < 1.29 is 18.1 Å². The molecule has 0 radical (unpaired) electrons.